The van der Waals surface area contributed by atoms with E-state index < -0.39 is 0 Å². The minimum absolute atomic E-state index is 0.151. The first-order valence-corrected chi connectivity index (χ1v) is 9.37. The second-order valence-corrected chi connectivity index (χ2v) is 7.51. The van der Waals surface area contributed by atoms with Gasteiger partial charge in [-0.2, -0.15) is 0 Å². The van der Waals surface area contributed by atoms with Gasteiger partial charge in [0.25, 0.3) is 0 Å². The summed E-state index contributed by atoms with van der Waals surface area (Å²) in [6.07, 6.45) is 3.67. The molecule has 0 saturated carbocycles. The van der Waals surface area contributed by atoms with Crippen molar-refractivity contribution in [1.82, 2.24) is 14.9 Å². The number of H-pyrrole nitrogens is 1. The lowest BCUT2D eigenvalue weighted by Gasteiger charge is -2.35. The Bertz CT molecular complexity index is 833. The molecule has 0 spiro atoms. The monoisotopic (exact) mass is 339 g/mol. The highest BCUT2D eigenvalue weighted by Gasteiger charge is 2.29. The van der Waals surface area contributed by atoms with Gasteiger partial charge in [-0.1, -0.05) is 18.2 Å². The lowest BCUT2D eigenvalue weighted by Crippen LogP contribution is -2.39. The van der Waals surface area contributed by atoms with Gasteiger partial charge in [-0.15, -0.1) is 11.3 Å². The fourth-order valence-corrected chi connectivity index (χ4v) is 4.19. The molecule has 4 rings (SSSR count). The van der Waals surface area contributed by atoms with Crippen LogP contribution < -0.4 is 0 Å². The lowest BCUT2D eigenvalue weighted by atomic mass is 9.98. The van der Waals surface area contributed by atoms with E-state index in [1.165, 1.54) is 11.8 Å². The van der Waals surface area contributed by atoms with E-state index in [1.807, 2.05) is 29.3 Å². The number of aryl methyl sites for hydroxylation is 1. The van der Waals surface area contributed by atoms with Gasteiger partial charge in [0, 0.05) is 23.1 Å². The van der Waals surface area contributed by atoms with E-state index in [1.54, 1.807) is 11.3 Å². The lowest BCUT2D eigenvalue weighted by molar-refractivity contribution is -0.134. The molecule has 4 nitrogen and oxygen atoms in total. The molecule has 0 unspecified atom stereocenters. The number of hydrogen-bond donors (Lipinski definition) is 1. The maximum Gasteiger partial charge on any atom is 0.229 e. The van der Waals surface area contributed by atoms with Gasteiger partial charge in [-0.25, -0.2) is 4.98 Å². The zero-order chi connectivity index (χ0) is 16.5. The molecule has 1 atom stereocenters. The first-order chi connectivity index (χ1) is 11.7. The van der Waals surface area contributed by atoms with E-state index in [2.05, 4.69) is 28.2 Å². The molecule has 0 bridgehead atoms. The normalized spacial score (nSPS) is 18.2. The van der Waals surface area contributed by atoms with Crippen LogP contribution in [-0.4, -0.2) is 27.3 Å². The summed E-state index contributed by atoms with van der Waals surface area (Å²) in [4.78, 5) is 22.8. The number of piperidine rings is 1. The molecule has 1 aliphatic rings. The van der Waals surface area contributed by atoms with Gasteiger partial charge in [0.1, 0.15) is 0 Å². The van der Waals surface area contributed by atoms with Crippen molar-refractivity contribution in [1.29, 1.82) is 0 Å². The number of thiazole rings is 1. The second kappa shape index (κ2) is 6.40. The highest BCUT2D eigenvalue weighted by molar-refractivity contribution is 7.09. The molecule has 24 heavy (non-hydrogen) atoms. The van der Waals surface area contributed by atoms with Crippen molar-refractivity contribution in [2.24, 2.45) is 0 Å². The number of hydrogen-bond acceptors (Lipinski definition) is 3. The van der Waals surface area contributed by atoms with Crippen LogP contribution in [0.2, 0.25) is 0 Å². The SMILES string of the molecule is Cc1nc(CC(=O)N2CCCC[C@@H]2c2cc3ccccc3[nH]2)cs1. The van der Waals surface area contributed by atoms with Crippen LogP contribution in [0.25, 0.3) is 10.9 Å². The van der Waals surface area contributed by atoms with Crippen molar-refractivity contribution in [3.05, 3.63) is 52.1 Å². The van der Waals surface area contributed by atoms with Crippen LogP contribution in [0.1, 0.15) is 41.7 Å². The number of aromatic amines is 1. The quantitative estimate of drug-likeness (QED) is 0.776. The van der Waals surface area contributed by atoms with Crippen LogP contribution in [0.4, 0.5) is 0 Å². The van der Waals surface area contributed by atoms with Crippen molar-refractivity contribution in [2.45, 2.75) is 38.6 Å². The Hall–Kier alpha value is -2.14. The standard InChI is InChI=1S/C19H21N3OS/c1-13-20-15(12-24-13)11-19(23)22-9-5-4-8-18(22)17-10-14-6-2-3-7-16(14)21-17/h2-3,6-7,10,12,18,21H,4-5,8-9,11H2,1H3/t18-/m1/s1. The Morgan fingerprint density at radius 2 is 2.25 bits per heavy atom. The average molecular weight is 339 g/mol. The Morgan fingerprint density at radius 3 is 3.04 bits per heavy atom. The number of nitrogens with one attached hydrogen (secondary N) is 1. The van der Waals surface area contributed by atoms with Gasteiger partial charge >= 0.3 is 0 Å². The van der Waals surface area contributed by atoms with E-state index in [4.69, 9.17) is 0 Å². The molecule has 1 fully saturated rings. The molecule has 1 aliphatic heterocycles. The van der Waals surface area contributed by atoms with Crippen LogP contribution in [0, 0.1) is 6.92 Å². The molecule has 2 aromatic heterocycles. The van der Waals surface area contributed by atoms with Crippen LogP contribution in [0.15, 0.2) is 35.7 Å². The Balaban J connectivity index is 1.59. The summed E-state index contributed by atoms with van der Waals surface area (Å²) in [6, 6.07) is 10.6. The molecule has 1 saturated heterocycles. The third-order valence-electron chi connectivity index (χ3n) is 4.73. The molecule has 1 amide bonds. The van der Waals surface area contributed by atoms with Gasteiger partial charge in [0.2, 0.25) is 5.91 Å². The maximum absolute atomic E-state index is 12.9. The minimum Gasteiger partial charge on any atom is -0.357 e. The van der Waals surface area contributed by atoms with Crippen molar-refractivity contribution < 1.29 is 4.79 Å². The predicted molar refractivity (Wildman–Crippen MR) is 97.2 cm³/mol. The summed E-state index contributed by atoms with van der Waals surface area (Å²) in [5, 5.41) is 4.22. The van der Waals surface area contributed by atoms with Crippen molar-refractivity contribution >= 4 is 28.1 Å². The van der Waals surface area contributed by atoms with Gasteiger partial charge < -0.3 is 9.88 Å². The number of aromatic nitrogens is 2. The van der Waals surface area contributed by atoms with E-state index in [0.29, 0.717) is 6.42 Å². The molecule has 3 aromatic rings. The first kappa shape index (κ1) is 15.4. The number of fused-ring (bicyclic) bond motifs is 1. The number of benzene rings is 1. The third-order valence-corrected chi connectivity index (χ3v) is 5.55. The van der Waals surface area contributed by atoms with E-state index in [-0.39, 0.29) is 11.9 Å². The number of para-hydroxylation sites is 1. The summed E-state index contributed by atoms with van der Waals surface area (Å²) in [6.45, 7) is 2.81. The van der Waals surface area contributed by atoms with E-state index >= 15 is 0 Å². The summed E-state index contributed by atoms with van der Waals surface area (Å²) >= 11 is 1.61. The highest BCUT2D eigenvalue weighted by atomic mass is 32.1. The maximum atomic E-state index is 12.9. The van der Waals surface area contributed by atoms with Crippen LogP contribution in [-0.2, 0) is 11.2 Å². The number of amides is 1. The summed E-state index contributed by atoms with van der Waals surface area (Å²) in [5.74, 6) is 0.184. The smallest absolute Gasteiger partial charge is 0.229 e. The number of carbonyl (C=O) groups is 1. The van der Waals surface area contributed by atoms with Crippen molar-refractivity contribution in [3.8, 4) is 0 Å². The minimum atomic E-state index is 0.151. The topological polar surface area (TPSA) is 49.0 Å². The van der Waals surface area contributed by atoms with Gasteiger partial charge in [0.15, 0.2) is 0 Å². The molecule has 5 heteroatoms. The number of nitrogens with zero attached hydrogens (tertiary/aromatic N) is 2. The molecule has 0 aliphatic carbocycles. The fraction of sp³-hybridized carbons (Fsp3) is 0.368. The number of rotatable bonds is 3. The average Bonchev–Trinajstić information content (AvgIpc) is 3.20. The molecule has 1 aromatic carbocycles. The van der Waals surface area contributed by atoms with Gasteiger partial charge in [-0.05, 0) is 43.7 Å². The number of carbonyl (C=O) groups excluding carboxylic acids is 1. The molecule has 1 N–H and O–H groups in total. The van der Waals surface area contributed by atoms with Gasteiger partial charge in [0.05, 0.1) is 23.2 Å². The third kappa shape index (κ3) is 2.96. The van der Waals surface area contributed by atoms with Crippen LogP contribution in [0.5, 0.6) is 0 Å². The summed E-state index contributed by atoms with van der Waals surface area (Å²) in [7, 11) is 0. The second-order valence-electron chi connectivity index (χ2n) is 6.45. The largest absolute Gasteiger partial charge is 0.357 e. The predicted octanol–water partition coefficient (Wildman–Crippen LogP) is 4.23. The Kier molecular flexibility index (Phi) is 4.10. The van der Waals surface area contributed by atoms with Crippen molar-refractivity contribution in [3.63, 3.8) is 0 Å². The fourth-order valence-electron chi connectivity index (χ4n) is 3.57. The molecule has 3 heterocycles. The summed E-state index contributed by atoms with van der Waals surface area (Å²) in [5.41, 5.74) is 3.18. The highest BCUT2D eigenvalue weighted by Crippen LogP contribution is 2.32. The van der Waals surface area contributed by atoms with Gasteiger partial charge in [-0.3, -0.25) is 4.79 Å². The zero-order valence-corrected chi connectivity index (χ0v) is 14.6. The molecule has 0 radical (unpaired) electrons. The zero-order valence-electron chi connectivity index (χ0n) is 13.8. The molecular weight excluding hydrogens is 318 g/mol. The van der Waals surface area contributed by atoms with E-state index in [9.17, 15) is 4.79 Å². The van der Waals surface area contributed by atoms with Crippen LogP contribution in [0.3, 0.4) is 0 Å². The van der Waals surface area contributed by atoms with Crippen LogP contribution >= 0.6 is 11.3 Å². The summed E-state index contributed by atoms with van der Waals surface area (Å²) < 4.78 is 0. The number of likely N-dealkylation sites (tertiary alicyclic amines) is 1. The Morgan fingerprint density at radius 1 is 1.38 bits per heavy atom. The van der Waals surface area contributed by atoms with E-state index in [0.717, 1.165) is 41.3 Å². The molecule has 124 valence electrons. The van der Waals surface area contributed by atoms with Crippen molar-refractivity contribution in [2.75, 3.05) is 6.54 Å². The first-order valence-electron chi connectivity index (χ1n) is 8.49. The Labute approximate surface area is 145 Å². The molecular formula is C19H21N3OS.